The number of aliphatic hydroxyl groups excluding tert-OH is 1. The molecule has 4 rings (SSSR count). The van der Waals surface area contributed by atoms with Crippen LogP contribution in [0, 0.1) is 5.41 Å². The molecule has 0 aromatic heterocycles. The van der Waals surface area contributed by atoms with Crippen LogP contribution in [-0.4, -0.2) is 40.9 Å². The highest BCUT2D eigenvalue weighted by Crippen LogP contribution is 2.30. The molecule has 1 aliphatic heterocycles. The van der Waals surface area contributed by atoms with Crippen molar-refractivity contribution in [3.8, 4) is 0 Å². The molecule has 3 N–H and O–H groups in total. The summed E-state index contributed by atoms with van der Waals surface area (Å²) in [5, 5.41) is 21.2. The van der Waals surface area contributed by atoms with Gasteiger partial charge in [-0.05, 0) is 42.6 Å². The van der Waals surface area contributed by atoms with Crippen molar-refractivity contribution in [2.24, 2.45) is 4.99 Å². The monoisotopic (exact) mass is 348 g/mol. The highest BCUT2D eigenvalue weighted by atomic mass is 16.3. The van der Waals surface area contributed by atoms with Gasteiger partial charge in [-0.2, -0.15) is 0 Å². The van der Waals surface area contributed by atoms with Crippen LogP contribution in [0.2, 0.25) is 0 Å². The average molecular weight is 348 g/mol. The molecule has 0 bridgehead atoms. The Balaban J connectivity index is 1.39. The fourth-order valence-corrected chi connectivity index (χ4v) is 3.77. The van der Waals surface area contributed by atoms with Crippen LogP contribution in [0.1, 0.15) is 25.7 Å². The van der Waals surface area contributed by atoms with E-state index in [-0.39, 0.29) is 6.04 Å². The number of rotatable bonds is 5. The Labute approximate surface area is 154 Å². The lowest BCUT2D eigenvalue weighted by atomic mass is 9.96. The lowest BCUT2D eigenvalue weighted by Gasteiger charge is -2.32. The van der Waals surface area contributed by atoms with Gasteiger partial charge in [-0.15, -0.1) is 0 Å². The van der Waals surface area contributed by atoms with Crippen LogP contribution in [0.25, 0.3) is 0 Å². The lowest BCUT2D eigenvalue weighted by molar-refractivity contribution is 0.157. The topological polar surface area (TPSA) is 71.7 Å². The van der Waals surface area contributed by atoms with Crippen molar-refractivity contribution in [1.82, 2.24) is 10.2 Å². The maximum atomic E-state index is 10.5. The molecule has 0 saturated carbocycles. The Bertz CT molecular complexity index is 797. The maximum absolute atomic E-state index is 10.5. The highest BCUT2D eigenvalue weighted by molar-refractivity contribution is 5.76. The molecule has 0 aromatic rings. The minimum absolute atomic E-state index is 0.0829. The molecule has 2 unspecified atom stereocenters. The highest BCUT2D eigenvalue weighted by Gasteiger charge is 2.30. The first-order valence-corrected chi connectivity index (χ1v) is 9.15. The van der Waals surface area contributed by atoms with Crippen molar-refractivity contribution in [2.75, 3.05) is 0 Å². The number of aliphatic hydroxyl groups is 1. The second kappa shape index (κ2) is 7.40. The van der Waals surface area contributed by atoms with E-state index in [1.165, 1.54) is 11.9 Å². The third kappa shape index (κ3) is 3.41. The van der Waals surface area contributed by atoms with Gasteiger partial charge in [0.25, 0.3) is 0 Å². The van der Waals surface area contributed by atoms with E-state index in [0.29, 0.717) is 6.04 Å². The second-order valence-corrected chi connectivity index (χ2v) is 6.97. The van der Waals surface area contributed by atoms with Crippen LogP contribution in [0.4, 0.5) is 0 Å². The van der Waals surface area contributed by atoms with Crippen molar-refractivity contribution in [1.29, 1.82) is 5.41 Å². The van der Waals surface area contributed by atoms with Gasteiger partial charge in [-0.3, -0.25) is 5.32 Å². The van der Waals surface area contributed by atoms with Crippen LogP contribution < -0.4 is 5.32 Å². The average Bonchev–Trinajstić information content (AvgIpc) is 3.12. The van der Waals surface area contributed by atoms with Crippen molar-refractivity contribution in [2.45, 2.75) is 44.0 Å². The van der Waals surface area contributed by atoms with Gasteiger partial charge >= 0.3 is 0 Å². The number of nitrogens with zero attached hydrogens (tertiary/aromatic N) is 2. The van der Waals surface area contributed by atoms with Gasteiger partial charge in [-0.1, -0.05) is 36.5 Å². The van der Waals surface area contributed by atoms with E-state index >= 15 is 0 Å². The Hall–Kier alpha value is -2.50. The van der Waals surface area contributed by atoms with E-state index in [2.05, 4.69) is 51.7 Å². The third-order valence-electron chi connectivity index (χ3n) is 5.29. The number of allylic oxidation sites excluding steroid dienone is 7. The Morgan fingerprint density at radius 2 is 2.15 bits per heavy atom. The van der Waals surface area contributed by atoms with E-state index in [1.807, 2.05) is 18.5 Å². The molecule has 4 aliphatic rings. The van der Waals surface area contributed by atoms with Crippen molar-refractivity contribution in [3.05, 3.63) is 71.1 Å². The first kappa shape index (κ1) is 16.9. The first-order valence-electron chi connectivity index (χ1n) is 9.15. The molecule has 0 aromatic carbocycles. The molecule has 0 amide bonds. The zero-order chi connectivity index (χ0) is 17.9. The molecule has 5 heteroatoms. The number of fused-ring (bicyclic) bond motifs is 1. The quantitative estimate of drug-likeness (QED) is 0.528. The first-order chi connectivity index (χ1) is 12.7. The predicted octanol–water partition coefficient (Wildman–Crippen LogP) is 2.96. The van der Waals surface area contributed by atoms with Crippen molar-refractivity contribution >= 4 is 12.6 Å². The van der Waals surface area contributed by atoms with E-state index < -0.39 is 6.23 Å². The third-order valence-corrected chi connectivity index (χ3v) is 5.29. The van der Waals surface area contributed by atoms with Crippen LogP contribution >= 0.6 is 0 Å². The normalized spacial score (nSPS) is 28.1. The van der Waals surface area contributed by atoms with Gasteiger partial charge in [0.15, 0.2) is 0 Å². The minimum atomic E-state index is -0.659. The number of hydrogen-bond donors (Lipinski definition) is 3. The number of hydrogen-bond acceptors (Lipinski definition) is 5. The van der Waals surface area contributed by atoms with Crippen LogP contribution in [0.15, 0.2) is 76.1 Å². The number of nitrogens with one attached hydrogen (secondary N) is 2. The molecule has 3 atom stereocenters. The molecule has 1 heterocycles. The lowest BCUT2D eigenvalue weighted by Crippen LogP contribution is -2.41. The van der Waals surface area contributed by atoms with Crippen molar-refractivity contribution in [3.63, 3.8) is 0 Å². The largest absolute Gasteiger partial charge is 0.375 e. The summed E-state index contributed by atoms with van der Waals surface area (Å²) < 4.78 is 0. The minimum Gasteiger partial charge on any atom is -0.375 e. The van der Waals surface area contributed by atoms with Gasteiger partial charge in [0.1, 0.15) is 6.23 Å². The Kier molecular flexibility index (Phi) is 4.82. The van der Waals surface area contributed by atoms with E-state index in [0.717, 1.165) is 42.5 Å². The van der Waals surface area contributed by atoms with Gasteiger partial charge in [0.05, 0.1) is 18.1 Å². The van der Waals surface area contributed by atoms with E-state index in [1.54, 1.807) is 0 Å². The Morgan fingerprint density at radius 1 is 1.23 bits per heavy atom. The molecule has 0 radical (unpaired) electrons. The van der Waals surface area contributed by atoms with Crippen molar-refractivity contribution < 1.29 is 5.11 Å². The molecule has 134 valence electrons. The van der Waals surface area contributed by atoms with Gasteiger partial charge in [0.2, 0.25) is 0 Å². The van der Waals surface area contributed by atoms with E-state index in [4.69, 9.17) is 5.41 Å². The fraction of sp³-hybridized carbons (Fsp3) is 0.333. The SMILES string of the molecule is N=CC1=CC=C([C@@H](O)NC2C=CC=C(N3C=NC4=CC=CCC43)C2)CC1. The predicted molar refractivity (Wildman–Crippen MR) is 105 cm³/mol. The van der Waals surface area contributed by atoms with Crippen LogP contribution in [-0.2, 0) is 0 Å². The summed E-state index contributed by atoms with van der Waals surface area (Å²) in [4.78, 5) is 6.78. The van der Waals surface area contributed by atoms with Gasteiger partial charge in [0, 0.05) is 24.4 Å². The summed E-state index contributed by atoms with van der Waals surface area (Å²) in [6, 6.07) is 0.383. The summed E-state index contributed by atoms with van der Waals surface area (Å²) in [6.45, 7) is 0. The second-order valence-electron chi connectivity index (χ2n) is 6.97. The summed E-state index contributed by atoms with van der Waals surface area (Å²) in [5.74, 6) is 0. The number of aliphatic imine (C=N–C) groups is 1. The van der Waals surface area contributed by atoms with Crippen LogP contribution in [0.3, 0.4) is 0 Å². The van der Waals surface area contributed by atoms with Gasteiger partial charge < -0.3 is 15.4 Å². The summed E-state index contributed by atoms with van der Waals surface area (Å²) >= 11 is 0. The zero-order valence-electron chi connectivity index (χ0n) is 14.7. The summed E-state index contributed by atoms with van der Waals surface area (Å²) in [5.41, 5.74) is 4.31. The molecule has 26 heavy (non-hydrogen) atoms. The standard InChI is InChI=1S/C21H24N4O/c22-13-15-8-10-16(11-9-15)21(26)24-17-4-3-5-18(12-17)25-14-23-19-6-1-2-7-20(19)25/h1-6,8,10,13-14,17,20-22,24,26H,7,9,11-12H2/t17?,20?,21-/m1/s1. The summed E-state index contributed by atoms with van der Waals surface area (Å²) in [7, 11) is 0. The Morgan fingerprint density at radius 3 is 2.96 bits per heavy atom. The van der Waals surface area contributed by atoms with E-state index in [9.17, 15) is 5.11 Å². The molecule has 0 fully saturated rings. The fourth-order valence-electron chi connectivity index (χ4n) is 3.77. The summed E-state index contributed by atoms with van der Waals surface area (Å²) in [6.07, 6.45) is 22.5. The molecular formula is C21H24N4O. The zero-order valence-corrected chi connectivity index (χ0v) is 14.7. The van der Waals surface area contributed by atoms with Crippen LogP contribution in [0.5, 0.6) is 0 Å². The smallest absolute Gasteiger partial charge is 0.127 e. The molecule has 5 nitrogen and oxygen atoms in total. The molecule has 0 saturated heterocycles. The van der Waals surface area contributed by atoms with Gasteiger partial charge in [-0.25, -0.2) is 4.99 Å². The molecular weight excluding hydrogens is 324 g/mol. The molecule has 0 spiro atoms. The molecule has 3 aliphatic carbocycles. The maximum Gasteiger partial charge on any atom is 0.127 e.